The quantitative estimate of drug-likeness (QED) is 0.780. The number of benzene rings is 1. The van der Waals surface area contributed by atoms with Crippen LogP contribution >= 0.6 is 0 Å². The first-order chi connectivity index (χ1) is 13.7. The number of anilines is 1. The Hall–Kier alpha value is -2.19. The summed E-state index contributed by atoms with van der Waals surface area (Å²) in [5.41, 5.74) is 4.03. The fourth-order valence-electron chi connectivity index (χ4n) is 3.98. The van der Waals surface area contributed by atoms with Crippen molar-refractivity contribution >= 4 is 21.6 Å². The summed E-state index contributed by atoms with van der Waals surface area (Å²) in [5, 5.41) is 7.32. The molecule has 0 saturated carbocycles. The lowest BCUT2D eigenvalue weighted by molar-refractivity contribution is -0.116. The standard InChI is InChI=1S/C21H30N4O3S/c1-15-12-16(2)14-19(13-15)22-20(26)8-11-25-18(4)21(17(3)23-25)29(27,28)24-9-6-5-7-10-24/h12-14H,5-11H2,1-4H3,(H,22,26). The van der Waals surface area contributed by atoms with E-state index in [1.54, 1.807) is 22.8 Å². The number of sulfonamides is 1. The minimum atomic E-state index is -3.55. The maximum atomic E-state index is 13.1. The molecule has 1 fully saturated rings. The van der Waals surface area contributed by atoms with Gasteiger partial charge in [0.25, 0.3) is 0 Å². The molecule has 2 aromatic rings. The minimum Gasteiger partial charge on any atom is -0.326 e. The van der Waals surface area contributed by atoms with Gasteiger partial charge >= 0.3 is 0 Å². The van der Waals surface area contributed by atoms with E-state index in [0.29, 0.717) is 31.0 Å². The van der Waals surface area contributed by atoms with Gasteiger partial charge in [-0.05, 0) is 63.8 Å². The maximum Gasteiger partial charge on any atom is 0.246 e. The van der Waals surface area contributed by atoms with Gasteiger partial charge in [0.15, 0.2) is 0 Å². The zero-order valence-corrected chi connectivity index (χ0v) is 18.5. The predicted octanol–water partition coefficient (Wildman–Crippen LogP) is 3.32. The molecule has 0 bridgehead atoms. The van der Waals surface area contributed by atoms with E-state index in [-0.39, 0.29) is 17.2 Å². The lowest BCUT2D eigenvalue weighted by Gasteiger charge is -2.26. The van der Waals surface area contributed by atoms with E-state index in [2.05, 4.69) is 16.5 Å². The van der Waals surface area contributed by atoms with E-state index >= 15 is 0 Å². The van der Waals surface area contributed by atoms with Crippen LogP contribution in [0.4, 0.5) is 5.69 Å². The van der Waals surface area contributed by atoms with Crippen molar-refractivity contribution < 1.29 is 13.2 Å². The van der Waals surface area contributed by atoms with Gasteiger partial charge in [0.2, 0.25) is 15.9 Å². The van der Waals surface area contributed by atoms with Crippen molar-refractivity contribution in [2.75, 3.05) is 18.4 Å². The van der Waals surface area contributed by atoms with Crippen molar-refractivity contribution in [1.82, 2.24) is 14.1 Å². The average molecular weight is 419 g/mol. The van der Waals surface area contributed by atoms with Crippen LogP contribution in [0.5, 0.6) is 0 Å². The number of piperidine rings is 1. The van der Waals surface area contributed by atoms with Crippen LogP contribution in [0.25, 0.3) is 0 Å². The normalized spacial score (nSPS) is 15.4. The Morgan fingerprint density at radius 3 is 2.28 bits per heavy atom. The molecule has 7 nitrogen and oxygen atoms in total. The number of rotatable bonds is 6. The van der Waals surface area contributed by atoms with Crippen molar-refractivity contribution in [3.05, 3.63) is 40.7 Å². The Balaban J connectivity index is 1.70. The number of carbonyl (C=O) groups is 1. The van der Waals surface area contributed by atoms with E-state index in [9.17, 15) is 13.2 Å². The van der Waals surface area contributed by atoms with Crippen LogP contribution in [0, 0.1) is 27.7 Å². The Bertz CT molecular complexity index is 985. The number of aromatic nitrogens is 2. The first-order valence-corrected chi connectivity index (χ1v) is 11.5. The van der Waals surface area contributed by atoms with Gasteiger partial charge in [-0.25, -0.2) is 8.42 Å². The van der Waals surface area contributed by atoms with Gasteiger partial charge in [-0.2, -0.15) is 9.40 Å². The minimum absolute atomic E-state index is 0.122. The van der Waals surface area contributed by atoms with E-state index in [0.717, 1.165) is 36.1 Å². The Morgan fingerprint density at radius 1 is 1.03 bits per heavy atom. The molecule has 8 heteroatoms. The summed E-state index contributed by atoms with van der Waals surface area (Å²) in [6, 6.07) is 5.91. The van der Waals surface area contributed by atoms with Gasteiger partial charge in [0.1, 0.15) is 4.90 Å². The number of hydrogen-bond donors (Lipinski definition) is 1. The molecule has 1 saturated heterocycles. The fraction of sp³-hybridized carbons (Fsp3) is 0.524. The third-order valence-electron chi connectivity index (χ3n) is 5.28. The highest BCUT2D eigenvalue weighted by Crippen LogP contribution is 2.26. The second-order valence-electron chi connectivity index (χ2n) is 7.86. The molecule has 1 aliphatic heterocycles. The summed E-state index contributed by atoms with van der Waals surface area (Å²) >= 11 is 0. The van der Waals surface area contributed by atoms with Gasteiger partial charge in [-0.1, -0.05) is 12.5 Å². The third kappa shape index (κ3) is 4.87. The molecular weight excluding hydrogens is 388 g/mol. The molecule has 1 aliphatic rings. The zero-order chi connectivity index (χ0) is 21.2. The summed E-state index contributed by atoms with van der Waals surface area (Å²) in [7, 11) is -3.55. The number of carbonyl (C=O) groups excluding carboxylic acids is 1. The van der Waals surface area contributed by atoms with Crippen molar-refractivity contribution in [3.8, 4) is 0 Å². The Morgan fingerprint density at radius 2 is 1.66 bits per heavy atom. The van der Waals surface area contributed by atoms with Crippen LogP contribution in [0.1, 0.15) is 48.2 Å². The summed E-state index contributed by atoms with van der Waals surface area (Å²) in [5.74, 6) is -0.122. The van der Waals surface area contributed by atoms with E-state index in [1.807, 2.05) is 26.0 Å². The molecule has 1 aromatic heterocycles. The molecule has 29 heavy (non-hydrogen) atoms. The van der Waals surface area contributed by atoms with E-state index in [1.165, 1.54) is 0 Å². The van der Waals surface area contributed by atoms with Crippen LogP contribution in [0.2, 0.25) is 0 Å². The lowest BCUT2D eigenvalue weighted by Crippen LogP contribution is -2.36. The molecule has 0 spiro atoms. The van der Waals surface area contributed by atoms with Gasteiger partial charge in [-0.15, -0.1) is 0 Å². The molecule has 1 amide bonds. The molecule has 0 aliphatic carbocycles. The van der Waals surface area contributed by atoms with E-state index < -0.39 is 10.0 Å². The monoisotopic (exact) mass is 418 g/mol. The highest BCUT2D eigenvalue weighted by atomic mass is 32.2. The second-order valence-corrected chi connectivity index (χ2v) is 9.74. The zero-order valence-electron chi connectivity index (χ0n) is 17.7. The molecule has 3 rings (SSSR count). The highest BCUT2D eigenvalue weighted by molar-refractivity contribution is 7.89. The molecule has 0 atom stereocenters. The van der Waals surface area contributed by atoms with Crippen molar-refractivity contribution in [3.63, 3.8) is 0 Å². The van der Waals surface area contributed by atoms with Gasteiger partial charge in [0, 0.05) is 25.2 Å². The largest absolute Gasteiger partial charge is 0.326 e. The Kier molecular flexibility index (Phi) is 6.43. The summed E-state index contributed by atoms with van der Waals surface area (Å²) in [4.78, 5) is 12.7. The number of nitrogens with zero attached hydrogens (tertiary/aromatic N) is 3. The molecule has 2 heterocycles. The second kappa shape index (κ2) is 8.67. The van der Waals surface area contributed by atoms with Crippen molar-refractivity contribution in [1.29, 1.82) is 0 Å². The van der Waals surface area contributed by atoms with Crippen LogP contribution in [0.15, 0.2) is 23.1 Å². The highest BCUT2D eigenvalue weighted by Gasteiger charge is 2.31. The Labute approximate surface area is 173 Å². The first-order valence-electron chi connectivity index (χ1n) is 10.1. The fourth-order valence-corrected chi connectivity index (χ4v) is 5.87. The molecule has 1 aromatic carbocycles. The SMILES string of the molecule is Cc1cc(C)cc(NC(=O)CCn2nc(C)c(S(=O)(=O)N3CCCCC3)c2C)c1. The third-order valence-corrected chi connectivity index (χ3v) is 7.44. The smallest absolute Gasteiger partial charge is 0.246 e. The summed E-state index contributed by atoms with van der Waals surface area (Å²) in [6.07, 6.45) is 3.07. The van der Waals surface area contributed by atoms with E-state index in [4.69, 9.17) is 0 Å². The van der Waals surface area contributed by atoms with Crippen molar-refractivity contribution in [2.45, 2.75) is 64.8 Å². The van der Waals surface area contributed by atoms with Crippen LogP contribution in [-0.2, 0) is 21.4 Å². The lowest BCUT2D eigenvalue weighted by atomic mass is 10.1. The number of amides is 1. The molecule has 1 N–H and O–H groups in total. The maximum absolute atomic E-state index is 13.1. The molecule has 0 unspecified atom stereocenters. The van der Waals surface area contributed by atoms with Gasteiger partial charge < -0.3 is 5.32 Å². The first kappa shape index (κ1) is 21.5. The number of aryl methyl sites for hydroxylation is 4. The van der Waals surface area contributed by atoms with Crippen LogP contribution in [-0.4, -0.2) is 41.5 Å². The average Bonchev–Trinajstić information content (AvgIpc) is 2.94. The van der Waals surface area contributed by atoms with Gasteiger partial charge in [-0.3, -0.25) is 9.48 Å². The molecule has 0 radical (unpaired) electrons. The topological polar surface area (TPSA) is 84.3 Å². The molecule has 158 valence electrons. The van der Waals surface area contributed by atoms with Crippen LogP contribution in [0.3, 0.4) is 0 Å². The number of hydrogen-bond acceptors (Lipinski definition) is 4. The predicted molar refractivity (Wildman–Crippen MR) is 113 cm³/mol. The summed E-state index contributed by atoms with van der Waals surface area (Å²) in [6.45, 7) is 8.91. The van der Waals surface area contributed by atoms with Gasteiger partial charge in [0.05, 0.1) is 17.9 Å². The number of nitrogens with one attached hydrogen (secondary N) is 1. The molecular formula is C21H30N4O3S. The van der Waals surface area contributed by atoms with Crippen LogP contribution < -0.4 is 5.32 Å². The van der Waals surface area contributed by atoms with Crippen molar-refractivity contribution in [2.24, 2.45) is 0 Å². The summed E-state index contributed by atoms with van der Waals surface area (Å²) < 4.78 is 29.3.